The van der Waals surface area contributed by atoms with Gasteiger partial charge in [-0.1, -0.05) is 0 Å². The Morgan fingerprint density at radius 1 is 1.36 bits per heavy atom. The van der Waals surface area contributed by atoms with E-state index in [0.29, 0.717) is 0 Å². The zero-order valence-electron chi connectivity index (χ0n) is 7.54. The van der Waals surface area contributed by atoms with Gasteiger partial charge in [-0.05, 0) is 18.8 Å². The van der Waals surface area contributed by atoms with E-state index in [1.165, 1.54) is 0 Å². The van der Waals surface area contributed by atoms with Gasteiger partial charge < -0.3 is 0 Å². The second-order valence-electron chi connectivity index (χ2n) is 3.62. The van der Waals surface area contributed by atoms with Crippen LogP contribution in [0.5, 0.6) is 0 Å². The molecule has 0 bridgehead atoms. The highest BCUT2D eigenvalue weighted by Gasteiger charge is 2.34. The Morgan fingerprint density at radius 2 is 1.86 bits per heavy atom. The fourth-order valence-corrected chi connectivity index (χ4v) is 1.97. The lowest BCUT2D eigenvalue weighted by molar-refractivity contribution is -0.0450. The minimum atomic E-state index is -4.19. The van der Waals surface area contributed by atoms with E-state index in [1.54, 1.807) is 0 Å². The Kier molecular flexibility index (Phi) is 3.44. The van der Waals surface area contributed by atoms with Crippen LogP contribution < -0.4 is 4.72 Å². The maximum atomic E-state index is 12.7. The molecule has 0 aromatic heterocycles. The van der Waals surface area contributed by atoms with E-state index in [2.05, 4.69) is 0 Å². The van der Waals surface area contributed by atoms with Crippen LogP contribution in [0.4, 0.5) is 8.78 Å². The molecular weight excluding hydrogens is 216 g/mol. The van der Waals surface area contributed by atoms with Crippen molar-refractivity contribution in [2.24, 2.45) is 5.92 Å². The minimum absolute atomic E-state index is 0.0366. The first-order valence-electron chi connectivity index (χ1n) is 4.38. The van der Waals surface area contributed by atoms with Gasteiger partial charge in [0.2, 0.25) is 5.92 Å². The monoisotopic (exact) mass is 229 g/mol. The molecule has 1 fully saturated rings. The number of halogens is 2. The summed E-state index contributed by atoms with van der Waals surface area (Å²) in [4.78, 5) is 0. The van der Waals surface area contributed by atoms with Crippen molar-refractivity contribution >= 4 is 10.3 Å². The first-order chi connectivity index (χ1) is 6.29. The molecule has 1 saturated carbocycles. The van der Waals surface area contributed by atoms with Crippen LogP contribution in [-0.4, -0.2) is 25.4 Å². The molecule has 0 spiro atoms. The van der Waals surface area contributed by atoms with Crippen LogP contribution in [0.3, 0.4) is 0 Å². The minimum Gasteiger partial charge on any atom is -0.273 e. The van der Waals surface area contributed by atoms with Crippen molar-refractivity contribution in [1.82, 2.24) is 4.72 Å². The highest BCUT2D eigenvalue weighted by atomic mass is 32.2. The van der Waals surface area contributed by atoms with Crippen molar-refractivity contribution in [3.8, 4) is 0 Å². The van der Waals surface area contributed by atoms with Crippen LogP contribution in [0, 0.1) is 5.92 Å². The number of nitrogens with one attached hydrogen (secondary N) is 1. The van der Waals surface area contributed by atoms with Gasteiger partial charge in [-0.2, -0.15) is 13.1 Å². The molecule has 14 heavy (non-hydrogen) atoms. The first-order valence-corrected chi connectivity index (χ1v) is 5.82. The summed E-state index contributed by atoms with van der Waals surface area (Å²) in [6, 6.07) is 0. The van der Waals surface area contributed by atoms with Crippen molar-refractivity contribution in [2.45, 2.75) is 31.6 Å². The topological polar surface area (TPSA) is 66.4 Å². The third-order valence-electron chi connectivity index (χ3n) is 2.39. The third kappa shape index (κ3) is 4.30. The maximum absolute atomic E-state index is 12.7. The standard InChI is InChI=1S/C7H13F2NO3S/c8-7(9)3-1-6(2-4-7)5-10-14(11,12)13/h6,10H,1-5H2,(H,11,12,13). The van der Waals surface area contributed by atoms with Crippen LogP contribution >= 0.6 is 0 Å². The Bertz CT molecular complexity index is 281. The van der Waals surface area contributed by atoms with Gasteiger partial charge in [-0.25, -0.2) is 8.78 Å². The molecule has 84 valence electrons. The third-order valence-corrected chi connectivity index (χ3v) is 2.92. The molecular formula is C7H13F2NO3S. The molecule has 0 aromatic rings. The Labute approximate surface area is 81.6 Å². The first kappa shape index (κ1) is 11.8. The van der Waals surface area contributed by atoms with Gasteiger partial charge in [0.05, 0.1) is 0 Å². The van der Waals surface area contributed by atoms with E-state index in [1.807, 2.05) is 4.72 Å². The van der Waals surface area contributed by atoms with Crippen molar-refractivity contribution in [2.75, 3.05) is 6.54 Å². The highest BCUT2D eigenvalue weighted by Crippen LogP contribution is 2.35. The molecule has 0 heterocycles. The summed E-state index contributed by atoms with van der Waals surface area (Å²) in [6.45, 7) is 0.0366. The van der Waals surface area contributed by atoms with Crippen LogP contribution in [0.1, 0.15) is 25.7 Å². The summed E-state index contributed by atoms with van der Waals surface area (Å²) in [6.07, 6.45) is 0.167. The zero-order valence-corrected chi connectivity index (χ0v) is 8.36. The smallest absolute Gasteiger partial charge is 0.273 e. The van der Waals surface area contributed by atoms with Gasteiger partial charge in [-0.15, -0.1) is 0 Å². The second-order valence-corrected chi connectivity index (χ2v) is 4.86. The molecule has 1 aliphatic carbocycles. The lowest BCUT2D eigenvalue weighted by atomic mass is 9.87. The molecule has 2 N–H and O–H groups in total. The van der Waals surface area contributed by atoms with Gasteiger partial charge in [0.15, 0.2) is 0 Å². The van der Waals surface area contributed by atoms with Crippen molar-refractivity contribution in [1.29, 1.82) is 0 Å². The van der Waals surface area contributed by atoms with Crippen LogP contribution in [0.25, 0.3) is 0 Å². The fraction of sp³-hybridized carbons (Fsp3) is 1.00. The molecule has 0 radical (unpaired) electrons. The van der Waals surface area contributed by atoms with E-state index < -0.39 is 16.2 Å². The van der Waals surface area contributed by atoms with Gasteiger partial charge in [0.25, 0.3) is 0 Å². The lowest BCUT2D eigenvalue weighted by Crippen LogP contribution is -2.33. The van der Waals surface area contributed by atoms with Crippen LogP contribution in [-0.2, 0) is 10.3 Å². The van der Waals surface area contributed by atoms with Crippen molar-refractivity contribution in [3.05, 3.63) is 0 Å². The second kappa shape index (κ2) is 4.08. The number of alkyl halides is 2. The summed E-state index contributed by atoms with van der Waals surface area (Å²) in [5, 5.41) is 0. The lowest BCUT2D eigenvalue weighted by Gasteiger charge is -2.27. The SMILES string of the molecule is O=S(=O)(O)NCC1CCC(F)(F)CC1. The quantitative estimate of drug-likeness (QED) is 0.715. The Morgan fingerprint density at radius 3 is 2.29 bits per heavy atom. The van der Waals surface area contributed by atoms with E-state index >= 15 is 0 Å². The Hall–Kier alpha value is -0.270. The van der Waals surface area contributed by atoms with Gasteiger partial charge >= 0.3 is 10.3 Å². The van der Waals surface area contributed by atoms with Crippen LogP contribution in [0.15, 0.2) is 0 Å². The predicted octanol–water partition coefficient (Wildman–Crippen LogP) is 1.20. The molecule has 0 atom stereocenters. The predicted molar refractivity (Wildman–Crippen MR) is 46.5 cm³/mol. The van der Waals surface area contributed by atoms with E-state index in [4.69, 9.17) is 4.55 Å². The van der Waals surface area contributed by atoms with Gasteiger partial charge in [0.1, 0.15) is 0 Å². The van der Waals surface area contributed by atoms with E-state index in [9.17, 15) is 17.2 Å². The average Bonchev–Trinajstić information content (AvgIpc) is 2.01. The maximum Gasteiger partial charge on any atom is 0.333 e. The largest absolute Gasteiger partial charge is 0.333 e. The van der Waals surface area contributed by atoms with Crippen molar-refractivity contribution < 1.29 is 21.8 Å². The summed E-state index contributed by atoms with van der Waals surface area (Å²) in [7, 11) is -4.19. The molecule has 0 aliphatic heterocycles. The molecule has 1 rings (SSSR count). The number of hydrogen-bond donors (Lipinski definition) is 2. The molecule has 1 aliphatic rings. The summed E-state index contributed by atoms with van der Waals surface area (Å²) < 4.78 is 56.2. The fourth-order valence-electron chi connectivity index (χ4n) is 1.53. The normalized spacial score (nSPS) is 23.6. The number of rotatable bonds is 3. The number of hydrogen-bond acceptors (Lipinski definition) is 2. The summed E-state index contributed by atoms with van der Waals surface area (Å²) in [5.41, 5.74) is 0. The van der Waals surface area contributed by atoms with Crippen LogP contribution in [0.2, 0.25) is 0 Å². The van der Waals surface area contributed by atoms with Gasteiger partial charge in [0, 0.05) is 19.4 Å². The molecule has 0 saturated heterocycles. The Balaban J connectivity index is 2.30. The van der Waals surface area contributed by atoms with Crippen molar-refractivity contribution in [3.63, 3.8) is 0 Å². The van der Waals surface area contributed by atoms with E-state index in [0.717, 1.165) is 0 Å². The molecule has 4 nitrogen and oxygen atoms in total. The van der Waals surface area contributed by atoms with Gasteiger partial charge in [-0.3, -0.25) is 4.55 Å². The molecule has 0 amide bonds. The van der Waals surface area contributed by atoms with E-state index in [-0.39, 0.29) is 38.1 Å². The average molecular weight is 229 g/mol. The molecule has 0 unspecified atom stereocenters. The summed E-state index contributed by atoms with van der Waals surface area (Å²) >= 11 is 0. The highest BCUT2D eigenvalue weighted by molar-refractivity contribution is 7.83. The molecule has 0 aromatic carbocycles. The molecule has 7 heteroatoms. The zero-order chi connectivity index (χ0) is 10.8. The summed E-state index contributed by atoms with van der Waals surface area (Å²) in [5.74, 6) is -2.70.